The summed E-state index contributed by atoms with van der Waals surface area (Å²) in [5.74, 6) is -0.225. The van der Waals surface area contributed by atoms with Gasteiger partial charge in [-0.25, -0.2) is 4.39 Å². The molecule has 2 rings (SSSR count). The molecule has 1 aromatic heterocycles. The average Bonchev–Trinajstić information content (AvgIpc) is 2.78. The number of halogens is 1. The maximum absolute atomic E-state index is 13.6. The molecule has 1 aromatic carbocycles. The number of ether oxygens (including phenoxy) is 1. The van der Waals surface area contributed by atoms with Gasteiger partial charge in [0.25, 0.3) is 5.19 Å². The summed E-state index contributed by atoms with van der Waals surface area (Å²) >= 11 is 1.31. The maximum Gasteiger partial charge on any atom is 0.299 e. The van der Waals surface area contributed by atoms with Crippen LogP contribution in [0.25, 0.3) is 0 Å². The summed E-state index contributed by atoms with van der Waals surface area (Å²) in [4.78, 5) is 0. The summed E-state index contributed by atoms with van der Waals surface area (Å²) in [6.07, 6.45) is 0. The lowest BCUT2D eigenvalue weighted by Gasteiger charge is -2.19. The van der Waals surface area contributed by atoms with Gasteiger partial charge in [0, 0.05) is 5.54 Å². The van der Waals surface area contributed by atoms with Gasteiger partial charge >= 0.3 is 0 Å². The molecule has 108 valence electrons. The Morgan fingerprint density at radius 3 is 2.75 bits per heavy atom. The fraction of sp³-hybridized carbons (Fsp3) is 0.429. The van der Waals surface area contributed by atoms with E-state index >= 15 is 0 Å². The van der Waals surface area contributed by atoms with E-state index in [4.69, 9.17) is 4.74 Å². The number of benzene rings is 1. The minimum atomic E-state index is -0.403. The molecular weight excluding hydrogens is 277 g/mol. The molecule has 0 aliphatic heterocycles. The fourth-order valence-corrected chi connectivity index (χ4v) is 2.12. The highest BCUT2D eigenvalue weighted by Gasteiger charge is 2.13. The van der Waals surface area contributed by atoms with E-state index in [9.17, 15) is 4.39 Å². The van der Waals surface area contributed by atoms with Gasteiger partial charge in [0.1, 0.15) is 5.01 Å². The molecule has 0 unspecified atom stereocenters. The molecule has 0 spiro atoms. The van der Waals surface area contributed by atoms with Gasteiger partial charge in [0.2, 0.25) is 0 Å². The molecule has 0 bridgehead atoms. The molecule has 4 nitrogen and oxygen atoms in total. The van der Waals surface area contributed by atoms with Crippen molar-refractivity contribution in [2.45, 2.75) is 39.8 Å². The third-order valence-corrected chi connectivity index (χ3v) is 3.30. The summed E-state index contributed by atoms with van der Waals surface area (Å²) in [6, 6.07) is 4.72. The number of nitrogens with zero attached hydrogens (tertiary/aromatic N) is 2. The Labute approximate surface area is 122 Å². The molecule has 2 aromatic rings. The second-order valence-corrected chi connectivity index (χ2v) is 6.63. The first-order chi connectivity index (χ1) is 9.33. The van der Waals surface area contributed by atoms with E-state index in [1.807, 2.05) is 6.92 Å². The predicted molar refractivity (Wildman–Crippen MR) is 77.7 cm³/mol. The standard InChI is InChI=1S/C14H18FN3OS/c1-9-5-6-10(15)11(7-9)19-13-18-17-12(20-13)8-16-14(2,3)4/h5-7,16H,8H2,1-4H3. The van der Waals surface area contributed by atoms with Crippen LogP contribution in [0.5, 0.6) is 10.9 Å². The van der Waals surface area contributed by atoms with Crippen LogP contribution in [0.1, 0.15) is 31.3 Å². The summed E-state index contributed by atoms with van der Waals surface area (Å²) in [7, 11) is 0. The second-order valence-electron chi connectivity index (χ2n) is 5.60. The third-order valence-electron chi connectivity index (χ3n) is 2.50. The van der Waals surface area contributed by atoms with E-state index in [0.717, 1.165) is 10.6 Å². The lowest BCUT2D eigenvalue weighted by molar-refractivity contribution is 0.422. The Kier molecular flexibility index (Phi) is 4.35. The summed E-state index contributed by atoms with van der Waals surface area (Å²) in [5.41, 5.74) is 0.940. The summed E-state index contributed by atoms with van der Waals surface area (Å²) in [5, 5.41) is 12.4. The van der Waals surface area contributed by atoms with Crippen molar-refractivity contribution in [3.8, 4) is 10.9 Å². The lowest BCUT2D eigenvalue weighted by Crippen LogP contribution is -2.35. The van der Waals surface area contributed by atoms with Crippen LogP contribution < -0.4 is 10.1 Å². The van der Waals surface area contributed by atoms with Crippen LogP contribution >= 0.6 is 11.3 Å². The van der Waals surface area contributed by atoms with Crippen molar-refractivity contribution >= 4 is 11.3 Å². The quantitative estimate of drug-likeness (QED) is 0.935. The Bertz CT molecular complexity index is 592. The van der Waals surface area contributed by atoms with Crippen molar-refractivity contribution < 1.29 is 9.13 Å². The molecule has 6 heteroatoms. The zero-order chi connectivity index (χ0) is 14.8. The van der Waals surface area contributed by atoms with E-state index in [0.29, 0.717) is 11.7 Å². The molecule has 0 saturated carbocycles. The molecular formula is C14H18FN3OS. The van der Waals surface area contributed by atoms with E-state index in [2.05, 4.69) is 36.3 Å². The topological polar surface area (TPSA) is 47.0 Å². The number of hydrogen-bond acceptors (Lipinski definition) is 5. The van der Waals surface area contributed by atoms with Crippen molar-refractivity contribution in [2.24, 2.45) is 0 Å². The van der Waals surface area contributed by atoms with Crippen LogP contribution in [0.2, 0.25) is 0 Å². The van der Waals surface area contributed by atoms with Gasteiger partial charge in [-0.3, -0.25) is 0 Å². The van der Waals surface area contributed by atoms with Gasteiger partial charge in [-0.2, -0.15) is 0 Å². The Morgan fingerprint density at radius 2 is 2.05 bits per heavy atom. The van der Waals surface area contributed by atoms with Gasteiger partial charge < -0.3 is 10.1 Å². The fourth-order valence-electron chi connectivity index (χ4n) is 1.47. The van der Waals surface area contributed by atoms with Gasteiger partial charge in [0.05, 0.1) is 6.54 Å². The zero-order valence-electron chi connectivity index (χ0n) is 12.0. The number of aryl methyl sites for hydroxylation is 1. The van der Waals surface area contributed by atoms with Crippen LogP contribution in [-0.4, -0.2) is 15.7 Å². The molecule has 0 saturated heterocycles. The first kappa shape index (κ1) is 14.9. The minimum absolute atomic E-state index is 0.00927. The molecule has 1 N–H and O–H groups in total. The minimum Gasteiger partial charge on any atom is -0.427 e. The molecule has 0 amide bonds. The average molecular weight is 295 g/mol. The summed E-state index contributed by atoms with van der Waals surface area (Å²) in [6.45, 7) is 8.72. The van der Waals surface area contributed by atoms with Crippen molar-refractivity contribution in [3.63, 3.8) is 0 Å². The van der Waals surface area contributed by atoms with Gasteiger partial charge in [-0.1, -0.05) is 22.5 Å². The van der Waals surface area contributed by atoms with Gasteiger partial charge in [-0.05, 0) is 45.4 Å². The number of nitrogens with one attached hydrogen (secondary N) is 1. The molecule has 1 heterocycles. The highest BCUT2D eigenvalue weighted by molar-refractivity contribution is 7.13. The van der Waals surface area contributed by atoms with Crippen molar-refractivity contribution in [1.29, 1.82) is 0 Å². The highest BCUT2D eigenvalue weighted by Crippen LogP contribution is 2.27. The third kappa shape index (κ3) is 4.25. The number of hydrogen-bond donors (Lipinski definition) is 1. The molecule has 0 aliphatic carbocycles. The van der Waals surface area contributed by atoms with Crippen molar-refractivity contribution in [2.75, 3.05) is 0 Å². The van der Waals surface area contributed by atoms with Crippen LogP contribution in [0.3, 0.4) is 0 Å². The van der Waals surface area contributed by atoms with Gasteiger partial charge in [-0.15, -0.1) is 5.10 Å². The first-order valence-corrected chi connectivity index (χ1v) is 7.16. The largest absolute Gasteiger partial charge is 0.427 e. The Balaban J connectivity index is 2.04. The SMILES string of the molecule is Cc1ccc(F)c(Oc2nnc(CNC(C)(C)C)s2)c1. The monoisotopic (exact) mass is 295 g/mol. The van der Waals surface area contributed by atoms with E-state index in [-0.39, 0.29) is 11.3 Å². The first-order valence-electron chi connectivity index (χ1n) is 6.35. The lowest BCUT2D eigenvalue weighted by atomic mass is 10.1. The smallest absolute Gasteiger partial charge is 0.299 e. The maximum atomic E-state index is 13.6. The van der Waals surface area contributed by atoms with Gasteiger partial charge in [0.15, 0.2) is 11.6 Å². The number of rotatable bonds is 4. The number of aromatic nitrogens is 2. The Hall–Kier alpha value is -1.53. The molecule has 0 fully saturated rings. The van der Waals surface area contributed by atoms with Crippen molar-refractivity contribution in [1.82, 2.24) is 15.5 Å². The van der Waals surface area contributed by atoms with Crippen LogP contribution in [0.15, 0.2) is 18.2 Å². The summed E-state index contributed by atoms with van der Waals surface area (Å²) < 4.78 is 19.0. The molecule has 0 radical (unpaired) electrons. The molecule has 0 atom stereocenters. The van der Waals surface area contributed by atoms with Crippen molar-refractivity contribution in [3.05, 3.63) is 34.6 Å². The van der Waals surface area contributed by atoms with Crippen LogP contribution in [-0.2, 0) is 6.54 Å². The van der Waals surface area contributed by atoms with Crippen LogP contribution in [0, 0.1) is 12.7 Å². The van der Waals surface area contributed by atoms with E-state index in [1.165, 1.54) is 17.4 Å². The van der Waals surface area contributed by atoms with Crippen LogP contribution in [0.4, 0.5) is 4.39 Å². The zero-order valence-corrected chi connectivity index (χ0v) is 12.8. The normalized spacial score (nSPS) is 11.7. The Morgan fingerprint density at radius 1 is 1.30 bits per heavy atom. The molecule has 0 aliphatic rings. The van der Waals surface area contributed by atoms with E-state index < -0.39 is 5.82 Å². The van der Waals surface area contributed by atoms with E-state index in [1.54, 1.807) is 12.1 Å². The second kappa shape index (κ2) is 5.85. The highest BCUT2D eigenvalue weighted by atomic mass is 32.1. The molecule has 20 heavy (non-hydrogen) atoms. The predicted octanol–water partition coefficient (Wildman–Crippen LogP) is 3.67.